The molecule has 1 amide bonds. The van der Waals surface area contributed by atoms with Crippen LogP contribution in [0.2, 0.25) is 0 Å². The average Bonchev–Trinajstić information content (AvgIpc) is 3.67. The van der Waals surface area contributed by atoms with Crippen molar-refractivity contribution in [3.63, 3.8) is 0 Å². The van der Waals surface area contributed by atoms with Crippen molar-refractivity contribution in [1.82, 2.24) is 25.1 Å². The van der Waals surface area contributed by atoms with E-state index < -0.39 is 0 Å². The van der Waals surface area contributed by atoms with E-state index in [0.717, 1.165) is 29.3 Å². The van der Waals surface area contributed by atoms with Crippen molar-refractivity contribution in [3.05, 3.63) is 53.2 Å². The molecular formula is C28H31N5O3. The number of ether oxygens (including phenoxy) is 1. The van der Waals surface area contributed by atoms with E-state index in [1.54, 1.807) is 13.1 Å². The highest BCUT2D eigenvalue weighted by Gasteiger charge is 2.29. The number of rotatable bonds is 6. The quantitative estimate of drug-likeness (QED) is 0.416. The van der Waals surface area contributed by atoms with Gasteiger partial charge in [0.05, 0.1) is 30.3 Å². The van der Waals surface area contributed by atoms with E-state index in [9.17, 15) is 9.59 Å². The molecule has 0 radical (unpaired) electrons. The zero-order valence-corrected chi connectivity index (χ0v) is 21.0. The van der Waals surface area contributed by atoms with Crippen LogP contribution in [0.1, 0.15) is 91.6 Å². The highest BCUT2D eigenvalue weighted by Crippen LogP contribution is 2.39. The Morgan fingerprint density at radius 1 is 1.08 bits per heavy atom. The number of carbonyl (C=O) groups is 2. The van der Waals surface area contributed by atoms with Crippen molar-refractivity contribution in [1.29, 1.82) is 0 Å². The maximum absolute atomic E-state index is 13.5. The predicted molar refractivity (Wildman–Crippen MR) is 135 cm³/mol. The number of benzene rings is 1. The van der Waals surface area contributed by atoms with Crippen LogP contribution in [0, 0.1) is 17.8 Å². The molecule has 2 aromatic heterocycles. The number of esters is 1. The van der Waals surface area contributed by atoms with Gasteiger partial charge in [-0.15, -0.1) is 5.92 Å². The third-order valence-electron chi connectivity index (χ3n) is 7.34. The Labute approximate surface area is 210 Å². The summed E-state index contributed by atoms with van der Waals surface area (Å²) in [6.07, 6.45) is 10.9. The summed E-state index contributed by atoms with van der Waals surface area (Å²) in [6.45, 7) is 3.78. The van der Waals surface area contributed by atoms with Crippen LogP contribution in [0.3, 0.4) is 0 Å². The number of methoxy groups -OCH3 is 1. The Morgan fingerprint density at radius 3 is 2.44 bits per heavy atom. The summed E-state index contributed by atoms with van der Waals surface area (Å²) in [5, 5.41) is 8.66. The van der Waals surface area contributed by atoms with Crippen LogP contribution < -0.4 is 5.32 Å². The molecule has 8 nitrogen and oxygen atoms in total. The van der Waals surface area contributed by atoms with Crippen molar-refractivity contribution in [2.24, 2.45) is 5.92 Å². The van der Waals surface area contributed by atoms with E-state index in [1.807, 2.05) is 36.1 Å². The molecule has 2 saturated carbocycles. The van der Waals surface area contributed by atoms with Crippen molar-refractivity contribution >= 4 is 22.8 Å². The maximum atomic E-state index is 13.5. The van der Waals surface area contributed by atoms with E-state index in [0.29, 0.717) is 30.1 Å². The predicted octanol–water partition coefficient (Wildman–Crippen LogP) is 4.15. The van der Waals surface area contributed by atoms with Crippen molar-refractivity contribution in [2.45, 2.75) is 70.4 Å². The number of amides is 1. The zero-order chi connectivity index (χ0) is 25.2. The van der Waals surface area contributed by atoms with E-state index in [1.165, 1.54) is 25.5 Å². The molecule has 2 fully saturated rings. The first-order chi connectivity index (χ1) is 17.5. The highest BCUT2D eigenvalue weighted by atomic mass is 16.5. The molecule has 2 aliphatic rings. The molecule has 0 unspecified atom stereocenters. The van der Waals surface area contributed by atoms with Gasteiger partial charge in [-0.3, -0.25) is 14.3 Å². The zero-order valence-electron chi connectivity index (χ0n) is 21.0. The van der Waals surface area contributed by atoms with Gasteiger partial charge in [-0.1, -0.05) is 5.92 Å². The summed E-state index contributed by atoms with van der Waals surface area (Å²) < 4.78 is 6.71. The number of hydrogen-bond donors (Lipinski definition) is 1. The third kappa shape index (κ3) is 4.70. The summed E-state index contributed by atoms with van der Waals surface area (Å²) in [5.41, 5.74) is 3.27. The Morgan fingerprint density at radius 2 is 1.81 bits per heavy atom. The van der Waals surface area contributed by atoms with Crippen molar-refractivity contribution < 1.29 is 14.3 Å². The summed E-state index contributed by atoms with van der Waals surface area (Å²) >= 11 is 0. The molecule has 186 valence electrons. The number of carbonyl (C=O) groups excluding carboxylic acids is 2. The van der Waals surface area contributed by atoms with Gasteiger partial charge < -0.3 is 10.1 Å². The summed E-state index contributed by atoms with van der Waals surface area (Å²) in [6, 6.07) is 3.44. The minimum absolute atomic E-state index is 0.00987. The molecule has 0 aliphatic heterocycles. The van der Waals surface area contributed by atoms with E-state index in [-0.39, 0.29) is 29.9 Å². The van der Waals surface area contributed by atoms with Gasteiger partial charge in [-0.25, -0.2) is 9.97 Å². The SMILES string of the molecule is CC#Cc1ccc(C(=O)NC2CCC(C(=O)OC)CC2)c2c1cnn2[C@H](C)c1ncc(C2CC2)cn1. The van der Waals surface area contributed by atoms with Crippen LogP contribution in [0.4, 0.5) is 0 Å². The molecule has 8 heteroatoms. The van der Waals surface area contributed by atoms with Gasteiger partial charge >= 0.3 is 5.97 Å². The Hall–Kier alpha value is -3.73. The van der Waals surface area contributed by atoms with Gasteiger partial charge in [0.1, 0.15) is 6.04 Å². The molecule has 1 N–H and O–H groups in total. The molecule has 1 aromatic carbocycles. The molecule has 2 heterocycles. The molecule has 3 aromatic rings. The lowest BCUT2D eigenvalue weighted by Crippen LogP contribution is -2.39. The number of aromatic nitrogens is 4. The highest BCUT2D eigenvalue weighted by molar-refractivity contribution is 6.07. The van der Waals surface area contributed by atoms with E-state index in [2.05, 4.69) is 32.2 Å². The van der Waals surface area contributed by atoms with E-state index in [4.69, 9.17) is 4.74 Å². The van der Waals surface area contributed by atoms with Crippen LogP contribution >= 0.6 is 0 Å². The van der Waals surface area contributed by atoms with Crippen LogP contribution in [0.5, 0.6) is 0 Å². The summed E-state index contributed by atoms with van der Waals surface area (Å²) in [5.74, 6) is 6.92. The molecule has 0 saturated heterocycles. The Balaban J connectivity index is 1.43. The lowest BCUT2D eigenvalue weighted by atomic mass is 9.86. The second-order valence-electron chi connectivity index (χ2n) is 9.76. The Kier molecular flexibility index (Phi) is 6.73. The van der Waals surface area contributed by atoms with Gasteiger partial charge in [-0.2, -0.15) is 5.10 Å². The third-order valence-corrected chi connectivity index (χ3v) is 7.34. The fourth-order valence-corrected chi connectivity index (χ4v) is 5.09. The van der Waals surface area contributed by atoms with Crippen molar-refractivity contribution in [2.75, 3.05) is 7.11 Å². The molecule has 0 spiro atoms. The lowest BCUT2D eigenvalue weighted by molar-refractivity contribution is -0.146. The maximum Gasteiger partial charge on any atom is 0.308 e. The first-order valence-corrected chi connectivity index (χ1v) is 12.6. The molecule has 36 heavy (non-hydrogen) atoms. The van der Waals surface area contributed by atoms with Gasteiger partial charge in [0, 0.05) is 29.4 Å². The second-order valence-corrected chi connectivity index (χ2v) is 9.76. The van der Waals surface area contributed by atoms with Gasteiger partial charge in [-0.05, 0) is 76.0 Å². The fraction of sp³-hybridized carbons (Fsp3) is 0.464. The van der Waals surface area contributed by atoms with Crippen LogP contribution in [0.25, 0.3) is 10.9 Å². The monoisotopic (exact) mass is 485 g/mol. The first-order valence-electron chi connectivity index (χ1n) is 12.6. The van der Waals surface area contributed by atoms with Crippen LogP contribution in [-0.4, -0.2) is 44.8 Å². The molecule has 2 aliphatic carbocycles. The minimum Gasteiger partial charge on any atom is -0.469 e. The average molecular weight is 486 g/mol. The van der Waals surface area contributed by atoms with Crippen LogP contribution in [-0.2, 0) is 9.53 Å². The molecule has 1 atom stereocenters. The molecule has 0 bridgehead atoms. The second kappa shape index (κ2) is 10.1. The van der Waals surface area contributed by atoms with Gasteiger partial charge in [0.2, 0.25) is 0 Å². The smallest absolute Gasteiger partial charge is 0.308 e. The van der Waals surface area contributed by atoms with E-state index >= 15 is 0 Å². The number of hydrogen-bond acceptors (Lipinski definition) is 6. The molecular weight excluding hydrogens is 454 g/mol. The topological polar surface area (TPSA) is 99.0 Å². The minimum atomic E-state index is -0.261. The lowest BCUT2D eigenvalue weighted by Gasteiger charge is -2.27. The Bertz CT molecular complexity index is 1340. The number of nitrogens with zero attached hydrogens (tertiary/aromatic N) is 4. The fourth-order valence-electron chi connectivity index (χ4n) is 5.09. The van der Waals surface area contributed by atoms with Gasteiger partial charge in [0.15, 0.2) is 5.82 Å². The standard InChI is InChI=1S/C28H31N5O3/c1-4-5-19-10-13-23(27(34)32-22-11-8-20(9-12-22)28(35)36-3)25-24(19)16-31-33(25)17(2)26-29-14-21(15-30-26)18-6-7-18/h10,13-18,20,22H,6-9,11-12H2,1-3H3,(H,32,34)/t17-,20?,22?/m1/s1. The molecule has 5 rings (SSSR count). The summed E-state index contributed by atoms with van der Waals surface area (Å²) in [7, 11) is 1.42. The largest absolute Gasteiger partial charge is 0.469 e. The normalized spacial score (nSPS) is 20.3. The summed E-state index contributed by atoms with van der Waals surface area (Å²) in [4.78, 5) is 34.6. The first kappa shape index (κ1) is 24.0. The van der Waals surface area contributed by atoms with Crippen molar-refractivity contribution in [3.8, 4) is 11.8 Å². The number of fused-ring (bicyclic) bond motifs is 1. The van der Waals surface area contributed by atoms with Gasteiger partial charge in [0.25, 0.3) is 5.91 Å². The van der Waals surface area contributed by atoms with Crippen LogP contribution in [0.15, 0.2) is 30.7 Å². The number of nitrogens with one attached hydrogen (secondary N) is 1.